The molecule has 1 heterocycles. The van der Waals surface area contributed by atoms with Gasteiger partial charge in [0.15, 0.2) is 0 Å². The summed E-state index contributed by atoms with van der Waals surface area (Å²) in [5.74, 6) is 0.481. The normalized spacial score (nSPS) is 22.0. The van der Waals surface area contributed by atoms with Crippen LogP contribution in [0.25, 0.3) is 0 Å². The Bertz CT molecular complexity index is 139. The molecule has 1 aliphatic heterocycles. The van der Waals surface area contributed by atoms with E-state index in [0.29, 0.717) is 0 Å². The molecule has 1 aliphatic rings. The van der Waals surface area contributed by atoms with Gasteiger partial charge in [0, 0.05) is 5.92 Å². The molecule has 0 aromatic heterocycles. The van der Waals surface area contributed by atoms with E-state index in [1.807, 2.05) is 0 Å². The molecule has 0 unspecified atom stereocenters. The molecule has 0 atom stereocenters. The Hall–Kier alpha value is -0.410. The fraction of sp³-hybridized carbons (Fsp3) is 0.875. The van der Waals surface area contributed by atoms with Gasteiger partial charge in [-0.1, -0.05) is 0 Å². The van der Waals surface area contributed by atoms with Crippen molar-refractivity contribution < 1.29 is 4.79 Å². The number of hydrogen-bond acceptors (Lipinski definition) is 3. The Morgan fingerprint density at radius 2 is 2.09 bits per heavy atom. The van der Waals surface area contributed by atoms with Gasteiger partial charge in [0.05, 0.1) is 6.54 Å². The van der Waals surface area contributed by atoms with Gasteiger partial charge in [-0.15, -0.1) is 0 Å². The first kappa shape index (κ1) is 8.68. The highest BCUT2D eigenvalue weighted by Gasteiger charge is 2.21. The molecule has 0 aliphatic carbocycles. The van der Waals surface area contributed by atoms with Gasteiger partial charge in [0.2, 0.25) is 0 Å². The number of rotatable bonds is 2. The summed E-state index contributed by atoms with van der Waals surface area (Å²) in [6, 6.07) is 0. The van der Waals surface area contributed by atoms with Gasteiger partial charge in [-0.3, -0.25) is 4.79 Å². The molecule has 0 spiro atoms. The van der Waals surface area contributed by atoms with Crippen LogP contribution >= 0.6 is 0 Å². The Balaban J connectivity index is 2.33. The Morgan fingerprint density at radius 3 is 2.55 bits per heavy atom. The number of nitrogens with zero attached hydrogens (tertiary/aromatic N) is 1. The molecule has 2 N–H and O–H groups in total. The molecule has 0 amide bonds. The largest absolute Gasteiger partial charge is 0.324 e. The molecule has 1 saturated heterocycles. The van der Waals surface area contributed by atoms with E-state index in [0.717, 1.165) is 25.9 Å². The minimum Gasteiger partial charge on any atom is -0.324 e. The van der Waals surface area contributed by atoms with Crippen LogP contribution in [0.3, 0.4) is 0 Å². The average molecular weight is 156 g/mol. The maximum atomic E-state index is 11.1. The average Bonchev–Trinajstić information content (AvgIpc) is 2.05. The number of likely N-dealkylation sites (tertiary alicyclic amines) is 1. The molecular weight excluding hydrogens is 140 g/mol. The van der Waals surface area contributed by atoms with Crippen LogP contribution in [0.1, 0.15) is 12.8 Å². The van der Waals surface area contributed by atoms with Crippen molar-refractivity contribution in [2.24, 2.45) is 11.7 Å². The number of hydrogen-bond donors (Lipinski definition) is 1. The third-order valence-corrected chi connectivity index (χ3v) is 2.38. The summed E-state index contributed by atoms with van der Waals surface area (Å²) in [6.07, 6.45) is 1.99. The predicted molar refractivity (Wildman–Crippen MR) is 44.3 cm³/mol. The smallest absolute Gasteiger partial charge is 0.149 e. The van der Waals surface area contributed by atoms with Gasteiger partial charge in [-0.2, -0.15) is 0 Å². The van der Waals surface area contributed by atoms with Crippen LogP contribution < -0.4 is 5.73 Å². The summed E-state index contributed by atoms with van der Waals surface area (Å²) in [5, 5.41) is 0. The Labute approximate surface area is 67.5 Å². The third-order valence-electron chi connectivity index (χ3n) is 2.38. The number of carbonyl (C=O) groups excluding carboxylic acids is 1. The molecule has 1 fully saturated rings. The lowest BCUT2D eigenvalue weighted by atomic mass is 9.93. The van der Waals surface area contributed by atoms with E-state index in [1.54, 1.807) is 0 Å². The summed E-state index contributed by atoms with van der Waals surface area (Å²) in [6.45, 7) is 2.29. The molecule has 1 rings (SSSR count). The number of Topliss-reactive ketones (excluding diaryl/α,β-unsaturated/α-hetero) is 1. The van der Waals surface area contributed by atoms with Gasteiger partial charge in [-0.25, -0.2) is 0 Å². The van der Waals surface area contributed by atoms with E-state index >= 15 is 0 Å². The van der Waals surface area contributed by atoms with Crippen molar-refractivity contribution in [1.82, 2.24) is 4.90 Å². The standard InChI is InChI=1S/C8H16N2O/c1-10-4-2-7(3-5-10)8(11)6-9/h7H,2-6,9H2,1H3. The van der Waals surface area contributed by atoms with Crippen LogP contribution in [0, 0.1) is 5.92 Å². The highest BCUT2D eigenvalue weighted by atomic mass is 16.1. The molecule has 0 aromatic rings. The van der Waals surface area contributed by atoms with Crippen LogP contribution in [0.2, 0.25) is 0 Å². The SMILES string of the molecule is CN1CCC(C(=O)CN)CC1. The maximum Gasteiger partial charge on any atom is 0.149 e. The van der Waals surface area contributed by atoms with E-state index in [2.05, 4.69) is 11.9 Å². The van der Waals surface area contributed by atoms with Crippen LogP contribution in [0.4, 0.5) is 0 Å². The van der Waals surface area contributed by atoms with Gasteiger partial charge in [-0.05, 0) is 33.0 Å². The molecule has 3 heteroatoms. The van der Waals surface area contributed by atoms with Crippen molar-refractivity contribution in [3.8, 4) is 0 Å². The lowest BCUT2D eigenvalue weighted by Gasteiger charge is -2.27. The van der Waals surface area contributed by atoms with Crippen LogP contribution in [0.5, 0.6) is 0 Å². The van der Waals surface area contributed by atoms with Gasteiger partial charge in [0.25, 0.3) is 0 Å². The first-order chi connectivity index (χ1) is 5.24. The zero-order chi connectivity index (χ0) is 8.27. The van der Waals surface area contributed by atoms with Gasteiger partial charge >= 0.3 is 0 Å². The molecule has 11 heavy (non-hydrogen) atoms. The molecule has 3 nitrogen and oxygen atoms in total. The molecule has 0 radical (unpaired) electrons. The van der Waals surface area contributed by atoms with Gasteiger partial charge in [0.1, 0.15) is 5.78 Å². The van der Waals surface area contributed by atoms with Crippen molar-refractivity contribution in [3.05, 3.63) is 0 Å². The quantitative estimate of drug-likeness (QED) is 0.605. The van der Waals surface area contributed by atoms with Crippen LogP contribution in [0.15, 0.2) is 0 Å². The first-order valence-corrected chi connectivity index (χ1v) is 4.15. The second-order valence-electron chi connectivity index (χ2n) is 3.25. The number of carbonyl (C=O) groups is 1. The summed E-state index contributed by atoms with van der Waals surface area (Å²) in [4.78, 5) is 13.4. The fourth-order valence-electron chi connectivity index (χ4n) is 1.50. The zero-order valence-electron chi connectivity index (χ0n) is 7.05. The highest BCUT2D eigenvalue weighted by Crippen LogP contribution is 2.15. The van der Waals surface area contributed by atoms with E-state index in [1.165, 1.54) is 0 Å². The van der Waals surface area contributed by atoms with Crippen LogP contribution in [-0.2, 0) is 4.79 Å². The molecule has 0 bridgehead atoms. The second kappa shape index (κ2) is 3.83. The van der Waals surface area contributed by atoms with Crippen molar-refractivity contribution >= 4 is 5.78 Å². The van der Waals surface area contributed by atoms with E-state index in [4.69, 9.17) is 5.73 Å². The number of nitrogens with two attached hydrogens (primary N) is 1. The first-order valence-electron chi connectivity index (χ1n) is 4.15. The molecule has 0 saturated carbocycles. The second-order valence-corrected chi connectivity index (χ2v) is 3.25. The minimum atomic E-state index is 0.217. The summed E-state index contributed by atoms with van der Waals surface area (Å²) in [5.41, 5.74) is 5.27. The fourth-order valence-corrected chi connectivity index (χ4v) is 1.50. The van der Waals surface area contributed by atoms with E-state index in [-0.39, 0.29) is 18.2 Å². The third kappa shape index (κ3) is 2.27. The maximum absolute atomic E-state index is 11.1. The topological polar surface area (TPSA) is 46.3 Å². The monoisotopic (exact) mass is 156 g/mol. The summed E-state index contributed by atoms with van der Waals surface area (Å²) in [7, 11) is 2.09. The molecule has 0 aromatic carbocycles. The van der Waals surface area contributed by atoms with Crippen molar-refractivity contribution in [1.29, 1.82) is 0 Å². The number of piperidine rings is 1. The van der Waals surface area contributed by atoms with Crippen molar-refractivity contribution in [2.75, 3.05) is 26.7 Å². The van der Waals surface area contributed by atoms with E-state index in [9.17, 15) is 4.79 Å². The zero-order valence-corrected chi connectivity index (χ0v) is 7.05. The van der Waals surface area contributed by atoms with Gasteiger partial charge < -0.3 is 10.6 Å². The highest BCUT2D eigenvalue weighted by molar-refractivity contribution is 5.82. The summed E-state index contributed by atoms with van der Waals surface area (Å²) >= 11 is 0. The van der Waals surface area contributed by atoms with Crippen LogP contribution in [-0.4, -0.2) is 37.4 Å². The number of ketones is 1. The van der Waals surface area contributed by atoms with Crippen molar-refractivity contribution in [2.45, 2.75) is 12.8 Å². The lowest BCUT2D eigenvalue weighted by molar-refractivity contribution is -0.122. The predicted octanol–water partition coefficient (Wildman–Crippen LogP) is -0.144. The van der Waals surface area contributed by atoms with Crippen molar-refractivity contribution in [3.63, 3.8) is 0 Å². The Kier molecular flexibility index (Phi) is 3.02. The molecular formula is C8H16N2O. The molecule has 64 valence electrons. The van der Waals surface area contributed by atoms with E-state index < -0.39 is 0 Å². The lowest BCUT2D eigenvalue weighted by Crippen LogP contribution is -2.35. The minimum absolute atomic E-state index is 0.217. The summed E-state index contributed by atoms with van der Waals surface area (Å²) < 4.78 is 0. The Morgan fingerprint density at radius 1 is 1.55 bits per heavy atom.